The van der Waals surface area contributed by atoms with Crippen LogP contribution >= 0.6 is 11.3 Å². The van der Waals surface area contributed by atoms with Gasteiger partial charge in [0.25, 0.3) is 11.8 Å². The molecule has 40 heavy (non-hydrogen) atoms. The first-order valence-corrected chi connectivity index (χ1v) is 13.6. The van der Waals surface area contributed by atoms with E-state index in [0.717, 1.165) is 26.7 Å². The molecule has 8 heteroatoms. The molecule has 0 N–H and O–H groups in total. The summed E-state index contributed by atoms with van der Waals surface area (Å²) < 4.78 is 6.85. The second-order valence-corrected chi connectivity index (χ2v) is 9.95. The molecule has 0 fully saturated rings. The minimum atomic E-state index is -0.465. The Morgan fingerprint density at radius 1 is 0.850 bits per heavy atom. The van der Waals surface area contributed by atoms with Crippen molar-refractivity contribution in [3.8, 4) is 16.3 Å². The van der Waals surface area contributed by atoms with Crippen molar-refractivity contribution >= 4 is 46.5 Å². The summed E-state index contributed by atoms with van der Waals surface area (Å²) in [4.78, 5) is 41.8. The molecule has 7 nitrogen and oxygen atoms in total. The number of benzene rings is 3. The van der Waals surface area contributed by atoms with E-state index in [1.165, 1.54) is 0 Å². The molecule has 3 heterocycles. The number of imide groups is 1. The minimum absolute atomic E-state index is 0.253. The molecular formula is C32H23N3O4S. The van der Waals surface area contributed by atoms with Crippen LogP contribution in [0.5, 0.6) is 0 Å². The van der Waals surface area contributed by atoms with E-state index in [-0.39, 0.29) is 6.61 Å². The van der Waals surface area contributed by atoms with Crippen LogP contribution in [0, 0.1) is 0 Å². The molecule has 0 unspecified atom stereocenters. The molecule has 0 radical (unpaired) electrons. The highest BCUT2D eigenvalue weighted by atomic mass is 32.1. The Labute approximate surface area is 234 Å². The van der Waals surface area contributed by atoms with Crippen molar-refractivity contribution in [3.05, 3.63) is 125 Å². The normalized spacial score (nSPS) is 13.9. The van der Waals surface area contributed by atoms with Crippen LogP contribution in [0.15, 0.2) is 103 Å². The van der Waals surface area contributed by atoms with Crippen LogP contribution in [0.4, 0.5) is 5.69 Å². The summed E-state index contributed by atoms with van der Waals surface area (Å²) in [6.07, 6.45) is 3.69. The third-order valence-corrected chi connectivity index (χ3v) is 7.42. The van der Waals surface area contributed by atoms with Gasteiger partial charge in [0.1, 0.15) is 5.69 Å². The predicted octanol–water partition coefficient (Wildman–Crippen LogP) is 6.51. The largest absolute Gasteiger partial charge is 0.462 e. The van der Waals surface area contributed by atoms with Crippen molar-refractivity contribution in [2.24, 2.45) is 0 Å². The van der Waals surface area contributed by atoms with Crippen LogP contribution in [0.3, 0.4) is 0 Å². The Balaban J connectivity index is 1.48. The third kappa shape index (κ3) is 4.54. The maximum absolute atomic E-state index is 14.0. The monoisotopic (exact) mass is 545 g/mol. The van der Waals surface area contributed by atoms with Gasteiger partial charge in [-0.15, -0.1) is 11.3 Å². The highest BCUT2D eigenvalue weighted by molar-refractivity contribution is 7.13. The third-order valence-electron chi connectivity index (χ3n) is 6.54. The van der Waals surface area contributed by atoms with E-state index in [2.05, 4.69) is 0 Å². The molecule has 0 saturated carbocycles. The molecular weight excluding hydrogens is 522 g/mol. The van der Waals surface area contributed by atoms with Gasteiger partial charge in [-0.05, 0) is 72.5 Å². The smallest absolute Gasteiger partial charge is 0.338 e. The van der Waals surface area contributed by atoms with Gasteiger partial charge in [-0.3, -0.25) is 9.59 Å². The second kappa shape index (κ2) is 10.6. The van der Waals surface area contributed by atoms with Crippen LogP contribution in [0.1, 0.15) is 38.8 Å². The molecule has 0 spiro atoms. The van der Waals surface area contributed by atoms with Gasteiger partial charge in [-0.2, -0.15) is 5.10 Å². The van der Waals surface area contributed by atoms with Crippen molar-refractivity contribution in [3.63, 3.8) is 0 Å². The van der Waals surface area contributed by atoms with Crippen molar-refractivity contribution < 1.29 is 19.1 Å². The Hall–Kier alpha value is -5.08. The lowest BCUT2D eigenvalue weighted by Gasteiger charge is -2.28. The summed E-state index contributed by atoms with van der Waals surface area (Å²) in [6.45, 7) is 1.99. The molecule has 1 aliphatic heterocycles. The highest BCUT2D eigenvalue weighted by Crippen LogP contribution is 2.36. The number of thiophene rings is 1. The molecule has 5 aromatic rings. The van der Waals surface area contributed by atoms with E-state index in [1.807, 2.05) is 60.1 Å². The number of fused-ring (bicyclic) bond motifs is 1. The van der Waals surface area contributed by atoms with Gasteiger partial charge in [0.15, 0.2) is 0 Å². The minimum Gasteiger partial charge on any atom is -0.462 e. The molecule has 3 aromatic carbocycles. The van der Waals surface area contributed by atoms with Crippen LogP contribution < -0.4 is 4.90 Å². The summed E-state index contributed by atoms with van der Waals surface area (Å²) >= 11 is 1.56. The Morgan fingerprint density at radius 3 is 2.27 bits per heavy atom. The zero-order valence-electron chi connectivity index (χ0n) is 21.5. The second-order valence-electron chi connectivity index (χ2n) is 9.01. The zero-order chi connectivity index (χ0) is 27.6. The van der Waals surface area contributed by atoms with E-state index >= 15 is 0 Å². The predicted molar refractivity (Wildman–Crippen MR) is 155 cm³/mol. The van der Waals surface area contributed by atoms with E-state index in [0.29, 0.717) is 28.0 Å². The fraction of sp³-hybridized carbons (Fsp3) is 0.0625. The number of carbonyl (C=O) groups is 3. The summed E-state index contributed by atoms with van der Waals surface area (Å²) in [5.74, 6) is -1.36. The van der Waals surface area contributed by atoms with Crippen molar-refractivity contribution in [1.29, 1.82) is 0 Å². The van der Waals surface area contributed by atoms with Gasteiger partial charge in [0.05, 0.1) is 28.4 Å². The van der Waals surface area contributed by atoms with Crippen molar-refractivity contribution in [2.45, 2.75) is 6.92 Å². The van der Waals surface area contributed by atoms with Gasteiger partial charge >= 0.3 is 5.97 Å². The summed E-state index contributed by atoms with van der Waals surface area (Å²) in [5, 5.41) is 6.83. The molecule has 0 aliphatic carbocycles. The molecule has 2 amide bonds. The molecule has 0 bridgehead atoms. The van der Waals surface area contributed by atoms with Crippen LogP contribution in [-0.2, 0) is 9.53 Å². The SMILES string of the molecule is CCOC(=O)c1ccc(N2C(=O)/C(=C\c3cn(-c4ccccc4)nc3-c3cccs3)c3ccccc3C2=O)cc1. The fourth-order valence-electron chi connectivity index (χ4n) is 4.65. The van der Waals surface area contributed by atoms with Gasteiger partial charge < -0.3 is 4.74 Å². The fourth-order valence-corrected chi connectivity index (χ4v) is 5.39. The Morgan fingerprint density at radius 2 is 1.57 bits per heavy atom. The van der Waals surface area contributed by atoms with E-state index in [1.54, 1.807) is 71.5 Å². The quantitative estimate of drug-likeness (QED) is 0.138. The number of esters is 1. The highest BCUT2D eigenvalue weighted by Gasteiger charge is 2.36. The van der Waals surface area contributed by atoms with Crippen molar-refractivity contribution in [1.82, 2.24) is 9.78 Å². The number of carbonyl (C=O) groups excluding carboxylic acids is 3. The maximum Gasteiger partial charge on any atom is 0.338 e. The zero-order valence-corrected chi connectivity index (χ0v) is 22.3. The molecule has 0 saturated heterocycles. The molecule has 1 aliphatic rings. The number of hydrogen-bond donors (Lipinski definition) is 0. The van der Waals surface area contributed by atoms with Gasteiger partial charge in [-0.25, -0.2) is 14.4 Å². The lowest BCUT2D eigenvalue weighted by molar-refractivity contribution is -0.112. The van der Waals surface area contributed by atoms with Crippen LogP contribution in [0.25, 0.3) is 27.9 Å². The maximum atomic E-state index is 14.0. The van der Waals surface area contributed by atoms with Crippen molar-refractivity contribution in [2.75, 3.05) is 11.5 Å². The first kappa shape index (κ1) is 25.2. The van der Waals surface area contributed by atoms with E-state index in [9.17, 15) is 14.4 Å². The average Bonchev–Trinajstić information content (AvgIpc) is 3.67. The first-order chi connectivity index (χ1) is 19.5. The number of ether oxygens (including phenoxy) is 1. The van der Waals surface area contributed by atoms with Gasteiger partial charge in [0.2, 0.25) is 0 Å². The number of amides is 2. The average molecular weight is 546 g/mol. The molecule has 6 rings (SSSR count). The topological polar surface area (TPSA) is 81.5 Å². The Kier molecular flexibility index (Phi) is 6.67. The molecule has 196 valence electrons. The van der Waals surface area contributed by atoms with Crippen LogP contribution in [-0.4, -0.2) is 34.2 Å². The number of para-hydroxylation sites is 1. The summed E-state index contributed by atoms with van der Waals surface area (Å²) in [5.41, 5.74) is 4.41. The molecule has 2 aromatic heterocycles. The lowest BCUT2D eigenvalue weighted by Crippen LogP contribution is -2.41. The van der Waals surface area contributed by atoms with Crippen LogP contribution in [0.2, 0.25) is 0 Å². The van der Waals surface area contributed by atoms with Gasteiger partial charge in [-0.1, -0.05) is 42.5 Å². The molecule has 0 atom stereocenters. The Bertz CT molecular complexity index is 1750. The summed E-state index contributed by atoms with van der Waals surface area (Å²) in [7, 11) is 0. The first-order valence-electron chi connectivity index (χ1n) is 12.7. The van der Waals surface area contributed by atoms with Gasteiger partial charge in [0, 0.05) is 22.9 Å². The number of rotatable bonds is 6. The van der Waals surface area contributed by atoms with E-state index in [4.69, 9.17) is 9.84 Å². The summed E-state index contributed by atoms with van der Waals surface area (Å²) in [6, 6.07) is 27.0. The number of aromatic nitrogens is 2. The standard InChI is InChI=1S/C32H23N3O4S/c1-2-39-32(38)21-14-16-24(17-15-21)35-30(36)26-12-7-6-11-25(26)27(31(35)37)19-22-20-34(23-9-4-3-5-10-23)33-29(22)28-13-8-18-40-28/h3-20H,2H2,1H3/b27-19-. The number of nitrogens with zero attached hydrogens (tertiary/aromatic N) is 3. The van der Waals surface area contributed by atoms with E-state index < -0.39 is 17.8 Å². The number of hydrogen-bond acceptors (Lipinski definition) is 6. The number of anilines is 1. The lowest BCUT2D eigenvalue weighted by atomic mass is 9.91.